The van der Waals surface area contributed by atoms with Crippen LogP contribution in [-0.2, 0) is 22.4 Å². The van der Waals surface area contributed by atoms with Crippen LogP contribution in [0.5, 0.6) is 0 Å². The highest BCUT2D eigenvalue weighted by Gasteiger charge is 2.30. The van der Waals surface area contributed by atoms with Crippen molar-refractivity contribution in [2.24, 2.45) is 0 Å². The average Bonchev–Trinajstić information content (AvgIpc) is 3.34. The van der Waals surface area contributed by atoms with Crippen molar-refractivity contribution in [2.45, 2.75) is 24.9 Å². The van der Waals surface area contributed by atoms with E-state index < -0.39 is 12.1 Å². The number of hydrogen-bond acceptors (Lipinski definition) is 4. The maximum Gasteiger partial charge on any atom is 0.242 e. The largest absolute Gasteiger partial charge is 0.357 e. The van der Waals surface area contributed by atoms with Gasteiger partial charge in [-0.05, 0) is 41.6 Å². The van der Waals surface area contributed by atoms with Crippen LogP contribution in [0, 0.1) is 0 Å². The molecule has 3 rings (SSSR count). The summed E-state index contributed by atoms with van der Waals surface area (Å²) in [6.45, 7) is 0. The highest BCUT2D eigenvalue weighted by atomic mass is 32.1. The van der Waals surface area contributed by atoms with Gasteiger partial charge in [0.05, 0.1) is 6.04 Å². The lowest BCUT2D eigenvalue weighted by Crippen LogP contribution is -2.53. The van der Waals surface area contributed by atoms with E-state index in [1.807, 2.05) is 35.7 Å². The van der Waals surface area contributed by atoms with Crippen LogP contribution in [-0.4, -0.2) is 49.9 Å². The van der Waals surface area contributed by atoms with Crippen LogP contribution >= 0.6 is 11.3 Å². The van der Waals surface area contributed by atoms with E-state index in [4.69, 9.17) is 0 Å². The zero-order valence-corrected chi connectivity index (χ0v) is 19.0. The van der Waals surface area contributed by atoms with Gasteiger partial charge >= 0.3 is 0 Å². The summed E-state index contributed by atoms with van der Waals surface area (Å²) >= 11 is 1.59. The van der Waals surface area contributed by atoms with Gasteiger partial charge in [-0.3, -0.25) is 9.59 Å². The molecule has 0 fully saturated rings. The predicted octanol–water partition coefficient (Wildman–Crippen LogP) is 3.36. The molecule has 2 N–H and O–H groups in total. The molecule has 0 aliphatic carbocycles. The maximum absolute atomic E-state index is 13.2. The van der Waals surface area contributed by atoms with E-state index in [-0.39, 0.29) is 11.8 Å². The van der Waals surface area contributed by atoms with Crippen LogP contribution in [0.25, 0.3) is 11.1 Å². The molecule has 1 aromatic heterocycles. The fraction of sp³-hybridized carbons (Fsp3) is 0.280. The molecule has 0 aliphatic heterocycles. The molecule has 0 bridgehead atoms. The number of carbonyl (C=O) groups excluding carboxylic acids is 2. The third-order valence-electron chi connectivity index (χ3n) is 5.49. The third kappa shape index (κ3) is 5.81. The standard InChI is InChI=1S/C25H29N3O2S/c1-26-22(16-18-11-13-20(14-12-18)19-8-5-4-6-9-19)25(30)28(3)23(24(29)27-2)17-21-10-7-15-31-21/h4-15,22-23,26H,16-17H2,1-3H3,(H,27,29)/t22-,23-/m1/s1. The fourth-order valence-electron chi connectivity index (χ4n) is 3.60. The zero-order valence-electron chi connectivity index (χ0n) is 18.2. The summed E-state index contributed by atoms with van der Waals surface area (Å²) in [5.41, 5.74) is 3.37. The van der Waals surface area contributed by atoms with Crippen molar-refractivity contribution in [3.63, 3.8) is 0 Å². The first-order chi connectivity index (χ1) is 15.0. The van der Waals surface area contributed by atoms with Gasteiger partial charge in [0.1, 0.15) is 6.04 Å². The molecule has 3 aromatic rings. The SMILES string of the molecule is CNC(=O)[C@@H](Cc1cccs1)N(C)C(=O)[C@@H](Cc1ccc(-c2ccccc2)cc1)NC. The highest BCUT2D eigenvalue weighted by molar-refractivity contribution is 7.09. The highest BCUT2D eigenvalue weighted by Crippen LogP contribution is 2.20. The van der Waals surface area contributed by atoms with E-state index >= 15 is 0 Å². The molecule has 31 heavy (non-hydrogen) atoms. The number of amides is 2. The summed E-state index contributed by atoms with van der Waals surface area (Å²) in [4.78, 5) is 28.4. The topological polar surface area (TPSA) is 61.4 Å². The number of benzene rings is 2. The van der Waals surface area contributed by atoms with Crippen molar-refractivity contribution >= 4 is 23.2 Å². The molecule has 162 valence electrons. The number of rotatable bonds is 9. The Labute approximate surface area is 188 Å². The Balaban J connectivity index is 1.71. The Morgan fingerprint density at radius 1 is 0.903 bits per heavy atom. The van der Waals surface area contributed by atoms with Gasteiger partial charge in [0.2, 0.25) is 11.8 Å². The minimum Gasteiger partial charge on any atom is -0.357 e. The lowest BCUT2D eigenvalue weighted by atomic mass is 9.99. The minimum absolute atomic E-state index is 0.0974. The number of nitrogens with one attached hydrogen (secondary N) is 2. The van der Waals surface area contributed by atoms with E-state index in [9.17, 15) is 9.59 Å². The van der Waals surface area contributed by atoms with Gasteiger partial charge in [-0.25, -0.2) is 0 Å². The lowest BCUT2D eigenvalue weighted by Gasteiger charge is -2.30. The summed E-state index contributed by atoms with van der Waals surface area (Å²) in [7, 11) is 5.09. The maximum atomic E-state index is 13.2. The molecule has 0 saturated carbocycles. The molecule has 6 heteroatoms. The fourth-order valence-corrected chi connectivity index (χ4v) is 4.35. The van der Waals surface area contributed by atoms with Crippen molar-refractivity contribution in [3.05, 3.63) is 82.6 Å². The molecule has 0 radical (unpaired) electrons. The van der Waals surface area contributed by atoms with E-state index in [0.717, 1.165) is 21.6 Å². The quantitative estimate of drug-likeness (QED) is 0.542. The number of likely N-dealkylation sites (N-methyl/N-ethyl adjacent to an activating group) is 3. The molecule has 2 atom stereocenters. The second kappa shape index (κ2) is 10.9. The van der Waals surface area contributed by atoms with Crippen LogP contribution in [0.2, 0.25) is 0 Å². The van der Waals surface area contributed by atoms with Gasteiger partial charge in [0, 0.05) is 25.4 Å². The number of hydrogen-bond donors (Lipinski definition) is 2. The van der Waals surface area contributed by atoms with Gasteiger partial charge in [-0.2, -0.15) is 0 Å². The number of thiophene rings is 1. The van der Waals surface area contributed by atoms with E-state index in [0.29, 0.717) is 12.8 Å². The zero-order chi connectivity index (χ0) is 22.2. The molecule has 2 aromatic carbocycles. The predicted molar refractivity (Wildman–Crippen MR) is 127 cm³/mol. The Kier molecular flexibility index (Phi) is 7.98. The smallest absolute Gasteiger partial charge is 0.242 e. The van der Waals surface area contributed by atoms with Crippen LogP contribution in [0.1, 0.15) is 10.4 Å². The normalized spacial score (nSPS) is 12.7. The minimum atomic E-state index is -0.549. The van der Waals surface area contributed by atoms with Crippen molar-refractivity contribution < 1.29 is 9.59 Å². The summed E-state index contributed by atoms with van der Waals surface area (Å²) < 4.78 is 0. The van der Waals surface area contributed by atoms with Crippen LogP contribution in [0.15, 0.2) is 72.1 Å². The van der Waals surface area contributed by atoms with Crippen LogP contribution in [0.3, 0.4) is 0 Å². The first-order valence-corrected chi connectivity index (χ1v) is 11.2. The van der Waals surface area contributed by atoms with E-state index in [2.05, 4.69) is 47.0 Å². The summed E-state index contributed by atoms with van der Waals surface area (Å²) in [5, 5.41) is 7.80. The van der Waals surface area contributed by atoms with Crippen molar-refractivity contribution in [1.29, 1.82) is 0 Å². The van der Waals surface area contributed by atoms with Crippen molar-refractivity contribution in [2.75, 3.05) is 21.1 Å². The molecule has 0 unspecified atom stereocenters. The Hall–Kier alpha value is -2.96. The van der Waals surface area contributed by atoms with Crippen molar-refractivity contribution in [1.82, 2.24) is 15.5 Å². The Morgan fingerprint density at radius 2 is 1.58 bits per heavy atom. The molecule has 0 saturated heterocycles. The second-order valence-corrected chi connectivity index (χ2v) is 8.50. The van der Waals surface area contributed by atoms with Gasteiger partial charge in [-0.15, -0.1) is 11.3 Å². The average molecular weight is 436 g/mol. The molecule has 0 aliphatic rings. The second-order valence-electron chi connectivity index (χ2n) is 7.47. The molecule has 5 nitrogen and oxygen atoms in total. The number of nitrogens with zero attached hydrogens (tertiary/aromatic N) is 1. The van der Waals surface area contributed by atoms with Gasteiger partial charge < -0.3 is 15.5 Å². The lowest BCUT2D eigenvalue weighted by molar-refractivity contribution is -0.140. The Bertz CT molecular complexity index is 972. The van der Waals surface area contributed by atoms with E-state index in [1.54, 1.807) is 37.4 Å². The van der Waals surface area contributed by atoms with Crippen LogP contribution in [0.4, 0.5) is 0 Å². The van der Waals surface area contributed by atoms with Gasteiger partial charge in [-0.1, -0.05) is 60.7 Å². The van der Waals surface area contributed by atoms with Crippen LogP contribution < -0.4 is 10.6 Å². The van der Waals surface area contributed by atoms with Crippen molar-refractivity contribution in [3.8, 4) is 11.1 Å². The summed E-state index contributed by atoms with van der Waals surface area (Å²) in [5.74, 6) is -0.258. The molecule has 1 heterocycles. The molecule has 2 amide bonds. The molecular weight excluding hydrogens is 406 g/mol. The summed E-state index contributed by atoms with van der Waals surface area (Å²) in [6.07, 6.45) is 1.05. The summed E-state index contributed by atoms with van der Waals surface area (Å²) in [6, 6.07) is 21.5. The Morgan fingerprint density at radius 3 is 2.16 bits per heavy atom. The first-order valence-electron chi connectivity index (χ1n) is 10.4. The van der Waals surface area contributed by atoms with Gasteiger partial charge in [0.25, 0.3) is 0 Å². The first kappa shape index (κ1) is 22.7. The third-order valence-corrected chi connectivity index (χ3v) is 6.38. The number of carbonyl (C=O) groups is 2. The van der Waals surface area contributed by atoms with E-state index in [1.165, 1.54) is 0 Å². The van der Waals surface area contributed by atoms with Gasteiger partial charge in [0.15, 0.2) is 0 Å². The molecule has 0 spiro atoms. The monoisotopic (exact) mass is 435 g/mol. The molecular formula is C25H29N3O2S.